The van der Waals surface area contributed by atoms with Gasteiger partial charge in [-0.2, -0.15) is 0 Å². The SMILES string of the molecule is CCOc1ccc(CC(=O)O)cc1-c1ccc(F)c2c1CN(C(=O)OCCC(C)(C)O)CC2. The number of carbonyl (C=O) groups excluding carboxylic acids is 1. The highest BCUT2D eigenvalue weighted by Crippen LogP contribution is 2.38. The standard InChI is InChI=1S/C25H30FNO6/c1-4-32-22-8-5-16(14-23(28)29)13-19(22)17-6-7-21(26)18-9-11-27(15-20(17)18)24(30)33-12-10-25(2,3)31/h5-8,13,31H,4,9-12,14-15H2,1-3H3,(H,28,29). The second-order valence-corrected chi connectivity index (χ2v) is 8.73. The summed E-state index contributed by atoms with van der Waals surface area (Å²) >= 11 is 0. The molecular weight excluding hydrogens is 429 g/mol. The van der Waals surface area contributed by atoms with E-state index in [1.165, 1.54) is 11.0 Å². The molecule has 0 atom stereocenters. The number of aliphatic hydroxyl groups is 1. The first-order valence-electron chi connectivity index (χ1n) is 11.0. The number of benzene rings is 2. The summed E-state index contributed by atoms with van der Waals surface area (Å²) in [4.78, 5) is 25.3. The van der Waals surface area contributed by atoms with Gasteiger partial charge in [-0.15, -0.1) is 0 Å². The van der Waals surface area contributed by atoms with Crippen LogP contribution in [0.2, 0.25) is 0 Å². The maximum atomic E-state index is 14.7. The molecule has 0 saturated heterocycles. The van der Waals surface area contributed by atoms with Crippen molar-refractivity contribution in [3.63, 3.8) is 0 Å². The number of rotatable bonds is 8. The van der Waals surface area contributed by atoms with Gasteiger partial charge in [0.05, 0.1) is 25.2 Å². The Bertz CT molecular complexity index is 1030. The van der Waals surface area contributed by atoms with Gasteiger partial charge in [0.15, 0.2) is 0 Å². The Kier molecular flexibility index (Phi) is 7.58. The quantitative estimate of drug-likeness (QED) is 0.615. The fourth-order valence-corrected chi connectivity index (χ4v) is 3.87. The fourth-order valence-electron chi connectivity index (χ4n) is 3.87. The van der Waals surface area contributed by atoms with E-state index in [-0.39, 0.29) is 25.4 Å². The molecule has 0 bridgehead atoms. The zero-order chi connectivity index (χ0) is 24.2. The Morgan fingerprint density at radius 1 is 1.15 bits per heavy atom. The van der Waals surface area contributed by atoms with Crippen molar-refractivity contribution in [2.24, 2.45) is 0 Å². The summed E-state index contributed by atoms with van der Waals surface area (Å²) in [6.45, 7) is 6.08. The van der Waals surface area contributed by atoms with Gasteiger partial charge in [-0.1, -0.05) is 12.1 Å². The zero-order valence-electron chi connectivity index (χ0n) is 19.2. The smallest absolute Gasteiger partial charge is 0.410 e. The van der Waals surface area contributed by atoms with Crippen molar-refractivity contribution in [3.8, 4) is 16.9 Å². The van der Waals surface area contributed by atoms with E-state index < -0.39 is 17.7 Å². The predicted molar refractivity (Wildman–Crippen MR) is 121 cm³/mol. The molecule has 0 aromatic heterocycles. The number of fused-ring (bicyclic) bond motifs is 1. The van der Waals surface area contributed by atoms with E-state index in [4.69, 9.17) is 9.47 Å². The number of halogens is 1. The number of nitrogens with zero attached hydrogens (tertiary/aromatic N) is 1. The lowest BCUT2D eigenvalue weighted by Crippen LogP contribution is -2.37. The Hall–Kier alpha value is -3.13. The van der Waals surface area contributed by atoms with Gasteiger partial charge in [-0.25, -0.2) is 9.18 Å². The van der Waals surface area contributed by atoms with Crippen LogP contribution in [0.4, 0.5) is 9.18 Å². The van der Waals surface area contributed by atoms with Crippen molar-refractivity contribution in [1.29, 1.82) is 0 Å². The van der Waals surface area contributed by atoms with Crippen LogP contribution >= 0.6 is 0 Å². The molecule has 1 heterocycles. The average molecular weight is 460 g/mol. The third-order valence-corrected chi connectivity index (χ3v) is 5.54. The fraction of sp³-hybridized carbons (Fsp3) is 0.440. The summed E-state index contributed by atoms with van der Waals surface area (Å²) in [6.07, 6.45) is -0.0432. The minimum absolute atomic E-state index is 0.0768. The molecule has 178 valence electrons. The maximum Gasteiger partial charge on any atom is 0.410 e. The number of carbonyl (C=O) groups is 2. The lowest BCUT2D eigenvalue weighted by Gasteiger charge is -2.30. The molecule has 2 aromatic carbocycles. The lowest BCUT2D eigenvalue weighted by molar-refractivity contribution is -0.136. The Morgan fingerprint density at radius 2 is 1.91 bits per heavy atom. The molecule has 0 radical (unpaired) electrons. The van der Waals surface area contributed by atoms with Crippen LogP contribution in [0.25, 0.3) is 11.1 Å². The van der Waals surface area contributed by atoms with Crippen LogP contribution in [0.1, 0.15) is 43.9 Å². The van der Waals surface area contributed by atoms with Crippen LogP contribution < -0.4 is 4.74 Å². The predicted octanol–water partition coefficient (Wildman–Crippen LogP) is 4.17. The first-order valence-corrected chi connectivity index (χ1v) is 11.0. The molecule has 2 aromatic rings. The molecule has 1 aliphatic heterocycles. The second kappa shape index (κ2) is 10.2. The van der Waals surface area contributed by atoms with Gasteiger partial charge < -0.3 is 24.6 Å². The van der Waals surface area contributed by atoms with Gasteiger partial charge in [0.25, 0.3) is 0 Å². The van der Waals surface area contributed by atoms with Gasteiger partial charge in [0.2, 0.25) is 0 Å². The Balaban J connectivity index is 1.94. The third-order valence-electron chi connectivity index (χ3n) is 5.54. The van der Waals surface area contributed by atoms with Crippen LogP contribution in [0.5, 0.6) is 5.75 Å². The first kappa shape index (κ1) is 24.5. The molecule has 7 nitrogen and oxygen atoms in total. The van der Waals surface area contributed by atoms with E-state index >= 15 is 0 Å². The Morgan fingerprint density at radius 3 is 2.58 bits per heavy atom. The summed E-state index contributed by atoms with van der Waals surface area (Å²) in [7, 11) is 0. The summed E-state index contributed by atoms with van der Waals surface area (Å²) in [6, 6.07) is 8.20. The number of aliphatic carboxylic acids is 1. The molecule has 0 saturated carbocycles. The van der Waals surface area contributed by atoms with Crippen LogP contribution in [0.3, 0.4) is 0 Å². The molecular formula is C25H30FNO6. The molecule has 0 aliphatic carbocycles. The highest BCUT2D eigenvalue weighted by molar-refractivity contribution is 5.78. The number of hydrogen-bond acceptors (Lipinski definition) is 5. The summed E-state index contributed by atoms with van der Waals surface area (Å²) in [5.41, 5.74) is 2.17. The normalized spacial score (nSPS) is 13.4. The minimum atomic E-state index is -0.953. The number of carboxylic acid groups (broad SMARTS) is 1. The average Bonchev–Trinajstić information content (AvgIpc) is 2.74. The zero-order valence-corrected chi connectivity index (χ0v) is 19.2. The van der Waals surface area contributed by atoms with Crippen molar-refractivity contribution in [3.05, 3.63) is 52.8 Å². The number of amides is 1. The van der Waals surface area contributed by atoms with Gasteiger partial charge >= 0.3 is 12.1 Å². The number of carboxylic acids is 1. The lowest BCUT2D eigenvalue weighted by atomic mass is 9.89. The van der Waals surface area contributed by atoms with E-state index in [1.807, 2.05) is 6.92 Å². The van der Waals surface area contributed by atoms with Crippen molar-refractivity contribution in [2.75, 3.05) is 19.8 Å². The van der Waals surface area contributed by atoms with E-state index in [2.05, 4.69) is 0 Å². The summed E-state index contributed by atoms with van der Waals surface area (Å²) in [5, 5.41) is 19.0. The molecule has 0 unspecified atom stereocenters. The molecule has 1 aliphatic rings. The van der Waals surface area contributed by atoms with E-state index in [0.29, 0.717) is 59.6 Å². The first-order chi connectivity index (χ1) is 15.6. The van der Waals surface area contributed by atoms with Gasteiger partial charge in [0, 0.05) is 25.1 Å². The highest BCUT2D eigenvalue weighted by atomic mass is 19.1. The van der Waals surface area contributed by atoms with Crippen molar-refractivity contribution < 1.29 is 33.7 Å². The maximum absolute atomic E-state index is 14.7. The van der Waals surface area contributed by atoms with Gasteiger partial charge in [0.1, 0.15) is 11.6 Å². The number of ether oxygens (including phenoxy) is 2. The third kappa shape index (κ3) is 6.22. The molecule has 8 heteroatoms. The topological polar surface area (TPSA) is 96.3 Å². The van der Waals surface area contributed by atoms with E-state index in [0.717, 1.165) is 0 Å². The number of hydrogen-bond donors (Lipinski definition) is 2. The minimum Gasteiger partial charge on any atom is -0.493 e. The van der Waals surface area contributed by atoms with Crippen molar-refractivity contribution in [1.82, 2.24) is 4.90 Å². The molecule has 0 spiro atoms. The summed E-state index contributed by atoms with van der Waals surface area (Å²) < 4.78 is 25.7. The highest BCUT2D eigenvalue weighted by Gasteiger charge is 2.28. The Labute approximate surface area is 192 Å². The molecule has 33 heavy (non-hydrogen) atoms. The van der Waals surface area contributed by atoms with Gasteiger partial charge in [-0.3, -0.25) is 4.79 Å². The van der Waals surface area contributed by atoms with Crippen LogP contribution in [0.15, 0.2) is 30.3 Å². The van der Waals surface area contributed by atoms with Crippen LogP contribution in [-0.4, -0.2) is 52.5 Å². The second-order valence-electron chi connectivity index (χ2n) is 8.73. The molecule has 3 rings (SSSR count). The molecule has 2 N–H and O–H groups in total. The largest absolute Gasteiger partial charge is 0.493 e. The van der Waals surface area contributed by atoms with Gasteiger partial charge in [-0.05, 0) is 67.6 Å². The van der Waals surface area contributed by atoms with Crippen LogP contribution in [0, 0.1) is 5.82 Å². The van der Waals surface area contributed by atoms with E-state index in [9.17, 15) is 24.2 Å². The van der Waals surface area contributed by atoms with Crippen LogP contribution in [-0.2, 0) is 28.9 Å². The van der Waals surface area contributed by atoms with Crippen molar-refractivity contribution in [2.45, 2.75) is 52.2 Å². The summed E-state index contributed by atoms with van der Waals surface area (Å²) in [5.74, 6) is -0.736. The monoisotopic (exact) mass is 459 g/mol. The molecule has 0 fully saturated rings. The molecule has 1 amide bonds. The van der Waals surface area contributed by atoms with E-state index in [1.54, 1.807) is 38.1 Å². The van der Waals surface area contributed by atoms with Crippen molar-refractivity contribution >= 4 is 12.1 Å².